The van der Waals surface area contributed by atoms with Crippen LogP contribution in [0.1, 0.15) is 38.5 Å². The van der Waals surface area contributed by atoms with Crippen LogP contribution in [0.2, 0.25) is 10.0 Å². The molecule has 1 saturated carbocycles. The summed E-state index contributed by atoms with van der Waals surface area (Å²) >= 11 is 11.9. The molecular weight excluding hydrogens is 531 g/mol. The van der Waals surface area contributed by atoms with Gasteiger partial charge in [-0.05, 0) is 87.2 Å². The number of para-hydroxylation sites is 1. The molecule has 0 saturated heterocycles. The van der Waals surface area contributed by atoms with Crippen molar-refractivity contribution in [1.82, 2.24) is 14.7 Å². The van der Waals surface area contributed by atoms with Crippen molar-refractivity contribution in [1.29, 1.82) is 0 Å². The Labute approximate surface area is 228 Å². The number of fused-ring (bicyclic) bond motifs is 1. The molecule has 0 bridgehead atoms. The van der Waals surface area contributed by atoms with Crippen LogP contribution in [0.5, 0.6) is 0 Å². The van der Waals surface area contributed by atoms with E-state index in [4.69, 9.17) is 38.9 Å². The lowest BCUT2D eigenvalue weighted by molar-refractivity contribution is 0.284. The van der Waals surface area contributed by atoms with Crippen molar-refractivity contribution in [2.75, 3.05) is 36.8 Å². The number of sulfonamides is 1. The molecule has 1 fully saturated rings. The maximum absolute atomic E-state index is 12.7. The van der Waals surface area contributed by atoms with Gasteiger partial charge in [0.05, 0.1) is 10.4 Å². The van der Waals surface area contributed by atoms with Crippen LogP contribution in [-0.4, -0.2) is 44.6 Å². The molecule has 5 N–H and O–H groups in total. The Bertz CT molecular complexity index is 1280. The fraction of sp³-hybridized carbons (Fsp3) is 0.462. The summed E-state index contributed by atoms with van der Waals surface area (Å²) in [6, 6.07) is 12.3. The third-order valence-electron chi connectivity index (χ3n) is 6.75. The Balaban J connectivity index is 1.28. The van der Waals surface area contributed by atoms with E-state index in [0.717, 1.165) is 68.3 Å². The summed E-state index contributed by atoms with van der Waals surface area (Å²) in [5, 5.41) is 8.46. The zero-order valence-corrected chi connectivity index (χ0v) is 23.0. The Morgan fingerprint density at radius 3 is 2.27 bits per heavy atom. The number of nitrogens with two attached hydrogens (primary N) is 1. The van der Waals surface area contributed by atoms with E-state index in [-0.39, 0.29) is 4.90 Å². The molecule has 0 atom stereocenters. The topological polar surface area (TPSA) is 122 Å². The van der Waals surface area contributed by atoms with Gasteiger partial charge in [-0.1, -0.05) is 35.3 Å². The van der Waals surface area contributed by atoms with Gasteiger partial charge in [0.2, 0.25) is 16.0 Å². The zero-order valence-electron chi connectivity index (χ0n) is 20.7. The molecule has 1 heterocycles. The largest absolute Gasteiger partial charge is 0.369 e. The van der Waals surface area contributed by atoms with E-state index in [1.54, 1.807) is 0 Å². The number of hydrogen-bond acceptors (Lipinski definition) is 7. The first kappa shape index (κ1) is 27.9. The van der Waals surface area contributed by atoms with E-state index < -0.39 is 10.0 Å². The van der Waals surface area contributed by atoms with Crippen LogP contribution in [0.4, 0.5) is 11.8 Å². The summed E-state index contributed by atoms with van der Waals surface area (Å²) in [7, 11) is -3.66. The average Bonchev–Trinajstić information content (AvgIpc) is 2.89. The summed E-state index contributed by atoms with van der Waals surface area (Å²) < 4.78 is 28.0. The fourth-order valence-corrected chi connectivity index (χ4v) is 6.48. The van der Waals surface area contributed by atoms with Gasteiger partial charge >= 0.3 is 0 Å². The lowest BCUT2D eigenvalue weighted by atomic mass is 9.82. The number of nitrogens with one attached hydrogen (secondary N) is 3. The minimum atomic E-state index is -3.66. The minimum absolute atomic E-state index is 0.0894. The van der Waals surface area contributed by atoms with Gasteiger partial charge < -0.3 is 16.4 Å². The van der Waals surface area contributed by atoms with Gasteiger partial charge in [0.1, 0.15) is 5.82 Å². The van der Waals surface area contributed by atoms with Crippen molar-refractivity contribution in [3.05, 3.63) is 52.5 Å². The van der Waals surface area contributed by atoms with Gasteiger partial charge in [-0.3, -0.25) is 0 Å². The minimum Gasteiger partial charge on any atom is -0.369 e. The maximum atomic E-state index is 12.7. The maximum Gasteiger partial charge on any atom is 0.240 e. The van der Waals surface area contributed by atoms with Crippen molar-refractivity contribution in [2.24, 2.45) is 17.6 Å². The molecule has 0 unspecified atom stereocenters. The van der Waals surface area contributed by atoms with E-state index in [2.05, 4.69) is 15.4 Å². The quantitative estimate of drug-likeness (QED) is 0.220. The predicted molar refractivity (Wildman–Crippen MR) is 152 cm³/mol. The fourth-order valence-electron chi connectivity index (χ4n) is 4.64. The molecule has 1 aliphatic rings. The highest BCUT2D eigenvalue weighted by molar-refractivity contribution is 7.89. The van der Waals surface area contributed by atoms with Crippen LogP contribution in [0.15, 0.2) is 47.4 Å². The SMILES string of the molecule is NCCCCNc1nc(NCC2CCC(CNS(=O)(=O)c3cc(Cl)cc(Cl)c3)CC2)nc2ccccc12. The van der Waals surface area contributed by atoms with Crippen LogP contribution in [0.25, 0.3) is 10.9 Å². The number of nitrogens with zero attached hydrogens (tertiary/aromatic N) is 2. The molecule has 4 rings (SSSR count). The molecule has 0 radical (unpaired) electrons. The third-order valence-corrected chi connectivity index (χ3v) is 8.59. The average molecular weight is 566 g/mol. The van der Waals surface area contributed by atoms with Gasteiger partial charge in [0, 0.05) is 35.1 Å². The van der Waals surface area contributed by atoms with Gasteiger partial charge in [-0.25, -0.2) is 18.1 Å². The Kier molecular flexibility index (Phi) is 9.83. The summed E-state index contributed by atoms with van der Waals surface area (Å²) in [5.41, 5.74) is 6.51. The van der Waals surface area contributed by atoms with Gasteiger partial charge in [-0.15, -0.1) is 0 Å². The number of anilines is 2. The Morgan fingerprint density at radius 1 is 0.892 bits per heavy atom. The lowest BCUT2D eigenvalue weighted by Crippen LogP contribution is -2.32. The molecule has 200 valence electrons. The number of benzene rings is 2. The normalized spacial score (nSPS) is 18.1. The first-order valence-corrected chi connectivity index (χ1v) is 15.0. The second kappa shape index (κ2) is 13.1. The van der Waals surface area contributed by atoms with E-state index in [1.165, 1.54) is 18.2 Å². The molecule has 3 aromatic rings. The lowest BCUT2D eigenvalue weighted by Gasteiger charge is -2.28. The van der Waals surface area contributed by atoms with Crippen LogP contribution in [0, 0.1) is 11.8 Å². The van der Waals surface area contributed by atoms with Crippen LogP contribution >= 0.6 is 23.2 Å². The molecule has 1 aromatic heterocycles. The molecule has 8 nitrogen and oxygen atoms in total. The van der Waals surface area contributed by atoms with Crippen molar-refractivity contribution in [3.63, 3.8) is 0 Å². The second-order valence-electron chi connectivity index (χ2n) is 9.56. The van der Waals surface area contributed by atoms with Crippen LogP contribution < -0.4 is 21.1 Å². The molecule has 1 aliphatic carbocycles. The monoisotopic (exact) mass is 564 g/mol. The Hall–Kier alpha value is -2.17. The number of halogens is 2. The van der Waals surface area contributed by atoms with Crippen molar-refractivity contribution in [2.45, 2.75) is 43.4 Å². The van der Waals surface area contributed by atoms with E-state index in [1.807, 2.05) is 24.3 Å². The van der Waals surface area contributed by atoms with E-state index in [0.29, 0.717) is 40.9 Å². The molecular formula is C26H34Cl2N6O2S. The first-order valence-electron chi connectivity index (χ1n) is 12.7. The van der Waals surface area contributed by atoms with Crippen molar-refractivity contribution in [3.8, 4) is 0 Å². The van der Waals surface area contributed by atoms with Gasteiger partial charge in [0.25, 0.3) is 0 Å². The van der Waals surface area contributed by atoms with E-state index >= 15 is 0 Å². The van der Waals surface area contributed by atoms with Crippen molar-refractivity contribution < 1.29 is 8.42 Å². The van der Waals surface area contributed by atoms with Crippen LogP contribution in [-0.2, 0) is 10.0 Å². The first-order chi connectivity index (χ1) is 17.8. The van der Waals surface area contributed by atoms with Gasteiger partial charge in [-0.2, -0.15) is 4.98 Å². The highest BCUT2D eigenvalue weighted by Crippen LogP contribution is 2.30. The summed E-state index contributed by atoms with van der Waals surface area (Å²) in [4.78, 5) is 9.52. The summed E-state index contributed by atoms with van der Waals surface area (Å²) in [6.07, 6.45) is 5.90. The molecule has 0 spiro atoms. The summed E-state index contributed by atoms with van der Waals surface area (Å²) in [6.45, 7) is 2.68. The Morgan fingerprint density at radius 2 is 1.57 bits per heavy atom. The highest BCUT2D eigenvalue weighted by Gasteiger charge is 2.24. The zero-order chi connectivity index (χ0) is 26.3. The summed E-state index contributed by atoms with van der Waals surface area (Å²) in [5.74, 6) is 2.23. The smallest absolute Gasteiger partial charge is 0.240 e. The second-order valence-corrected chi connectivity index (χ2v) is 12.2. The standard InChI is InChI=1S/C26H34Cl2N6O2S/c27-20-13-21(28)15-22(14-20)37(35,36)32-17-19-9-7-18(8-10-19)16-31-26-33-24-6-2-1-5-23(24)25(34-26)30-12-4-3-11-29/h1-2,5-6,13-15,18-19,32H,3-4,7-12,16-17,29H2,(H2,30,31,33,34). The van der Waals surface area contributed by atoms with Crippen LogP contribution in [0.3, 0.4) is 0 Å². The number of rotatable bonds is 12. The molecule has 37 heavy (non-hydrogen) atoms. The number of hydrogen-bond donors (Lipinski definition) is 4. The molecule has 0 aliphatic heterocycles. The number of aromatic nitrogens is 2. The van der Waals surface area contributed by atoms with Crippen molar-refractivity contribution >= 4 is 55.9 Å². The molecule has 2 aromatic carbocycles. The highest BCUT2D eigenvalue weighted by atomic mass is 35.5. The van der Waals surface area contributed by atoms with E-state index in [9.17, 15) is 8.42 Å². The predicted octanol–water partition coefficient (Wildman–Crippen LogP) is 5.28. The molecule has 0 amide bonds. The number of unbranched alkanes of at least 4 members (excludes halogenated alkanes) is 1. The molecule has 11 heteroatoms. The van der Waals surface area contributed by atoms with Gasteiger partial charge in [0.15, 0.2) is 0 Å². The third kappa shape index (κ3) is 7.91.